The second-order valence-corrected chi connectivity index (χ2v) is 6.98. The lowest BCUT2D eigenvalue weighted by Gasteiger charge is -2.18. The van der Waals surface area contributed by atoms with E-state index in [9.17, 15) is 23.6 Å². The van der Waals surface area contributed by atoms with Gasteiger partial charge in [-0.1, -0.05) is 0 Å². The molecule has 0 bridgehead atoms. The van der Waals surface area contributed by atoms with Crippen molar-refractivity contribution in [1.29, 1.82) is 0 Å². The topological polar surface area (TPSA) is 127 Å². The lowest BCUT2D eigenvalue weighted by atomic mass is 10.1. The number of nitrogens with two attached hydrogens (primary N) is 1. The van der Waals surface area contributed by atoms with Crippen molar-refractivity contribution >= 4 is 21.4 Å². The Hall–Kier alpha value is -1.71. The van der Waals surface area contributed by atoms with E-state index in [1.807, 2.05) is 0 Å². The van der Waals surface area contributed by atoms with E-state index in [-0.39, 0.29) is 25.2 Å². The Bertz CT molecular complexity index is 656. The van der Waals surface area contributed by atoms with Gasteiger partial charge in [0.05, 0.1) is 10.5 Å². The monoisotopic (exact) mass is 301 g/mol. The molecule has 1 atom stereocenters. The van der Waals surface area contributed by atoms with Crippen LogP contribution in [0.25, 0.3) is 0 Å². The number of nitro benzene ring substituents is 1. The molecule has 1 saturated heterocycles. The summed E-state index contributed by atoms with van der Waals surface area (Å²) >= 11 is 0. The van der Waals surface area contributed by atoms with E-state index in [0.717, 1.165) is 16.4 Å². The number of nitrogens with zero attached hydrogens (tertiary/aromatic N) is 2. The fourth-order valence-corrected chi connectivity index (χ4v) is 3.84. The third-order valence-corrected chi connectivity index (χ3v) is 5.11. The van der Waals surface area contributed by atoms with Crippen LogP contribution in [0.1, 0.15) is 13.3 Å². The van der Waals surface area contributed by atoms with E-state index in [1.54, 1.807) is 0 Å². The van der Waals surface area contributed by atoms with Gasteiger partial charge in [-0.3, -0.25) is 10.1 Å². The molecule has 1 aliphatic rings. The summed E-state index contributed by atoms with van der Waals surface area (Å²) in [5.74, 6) is 0. The molecule has 0 saturated carbocycles. The first-order valence-electron chi connectivity index (χ1n) is 5.90. The first-order valence-corrected chi connectivity index (χ1v) is 7.34. The number of hydrogen-bond donors (Lipinski definition) is 2. The Labute approximate surface area is 116 Å². The summed E-state index contributed by atoms with van der Waals surface area (Å²) in [5.41, 5.74) is 3.89. The number of sulfonamides is 1. The summed E-state index contributed by atoms with van der Waals surface area (Å²) in [6.07, 6.45) is 0.287. The highest BCUT2D eigenvalue weighted by molar-refractivity contribution is 7.89. The summed E-state index contributed by atoms with van der Waals surface area (Å²) in [6, 6.07) is 3.44. The molecule has 0 spiro atoms. The van der Waals surface area contributed by atoms with Gasteiger partial charge in [-0.15, -0.1) is 0 Å². The predicted octanol–water partition coefficient (Wildman–Crippen LogP) is 0.322. The zero-order valence-corrected chi connectivity index (χ0v) is 11.6. The molecule has 1 aromatic rings. The van der Waals surface area contributed by atoms with Gasteiger partial charge in [0.2, 0.25) is 10.0 Å². The minimum atomic E-state index is -4.03. The van der Waals surface area contributed by atoms with Crippen molar-refractivity contribution in [3.63, 3.8) is 0 Å². The lowest BCUT2D eigenvalue weighted by Crippen LogP contribution is -2.34. The van der Waals surface area contributed by atoms with E-state index in [0.29, 0.717) is 0 Å². The number of rotatable bonds is 3. The Balaban J connectivity index is 2.48. The average Bonchev–Trinajstić information content (AvgIpc) is 2.70. The van der Waals surface area contributed by atoms with Crippen LogP contribution in [0.5, 0.6) is 0 Å². The number of anilines is 1. The largest absolute Gasteiger partial charge is 0.399 e. The Morgan fingerprint density at radius 3 is 2.65 bits per heavy atom. The zero-order chi connectivity index (χ0) is 15.1. The molecule has 0 amide bonds. The number of nitrogen functional groups attached to an aromatic ring is 1. The van der Waals surface area contributed by atoms with Crippen LogP contribution in [-0.2, 0) is 10.0 Å². The maximum absolute atomic E-state index is 12.4. The molecular formula is C11H15N3O5S. The SMILES string of the molecule is CC1(O)CCN(S(=O)(=O)c2ccc(N)cc2[N+](=O)[O-])C1. The normalized spacial score (nSPS) is 23.9. The molecule has 1 aromatic carbocycles. The van der Waals surface area contributed by atoms with Crippen LogP contribution in [0, 0.1) is 10.1 Å². The van der Waals surface area contributed by atoms with Crippen molar-refractivity contribution < 1.29 is 18.4 Å². The second kappa shape index (κ2) is 4.69. The van der Waals surface area contributed by atoms with Gasteiger partial charge in [0, 0.05) is 24.8 Å². The first-order chi connectivity index (χ1) is 9.13. The maximum atomic E-state index is 12.4. The van der Waals surface area contributed by atoms with Crippen LogP contribution >= 0.6 is 0 Å². The third kappa shape index (κ3) is 2.60. The molecule has 1 unspecified atom stereocenters. The standard InChI is InChI=1S/C11H15N3O5S/c1-11(15)4-5-13(7-11)20(18,19)10-3-2-8(12)6-9(10)14(16)17/h2-3,6,15H,4-5,7,12H2,1H3. The van der Waals surface area contributed by atoms with E-state index >= 15 is 0 Å². The Kier molecular flexibility index (Phi) is 3.44. The summed E-state index contributed by atoms with van der Waals surface area (Å²) in [4.78, 5) is 9.79. The highest BCUT2D eigenvalue weighted by Crippen LogP contribution is 2.32. The van der Waals surface area contributed by atoms with Crippen molar-refractivity contribution in [3.8, 4) is 0 Å². The minimum absolute atomic E-state index is 0.0864. The van der Waals surface area contributed by atoms with Crippen LogP contribution in [0.2, 0.25) is 0 Å². The van der Waals surface area contributed by atoms with Crippen LogP contribution in [0.4, 0.5) is 11.4 Å². The second-order valence-electron chi connectivity index (χ2n) is 5.07. The fraction of sp³-hybridized carbons (Fsp3) is 0.455. The molecule has 9 heteroatoms. The highest BCUT2D eigenvalue weighted by Gasteiger charge is 2.40. The molecule has 3 N–H and O–H groups in total. The van der Waals surface area contributed by atoms with Crippen molar-refractivity contribution in [1.82, 2.24) is 4.31 Å². The third-order valence-electron chi connectivity index (χ3n) is 3.21. The number of nitro groups is 1. The molecule has 1 aliphatic heterocycles. The lowest BCUT2D eigenvalue weighted by molar-refractivity contribution is -0.387. The highest BCUT2D eigenvalue weighted by atomic mass is 32.2. The molecule has 2 rings (SSSR count). The minimum Gasteiger partial charge on any atom is -0.399 e. The van der Waals surface area contributed by atoms with Gasteiger partial charge in [0.25, 0.3) is 5.69 Å². The van der Waals surface area contributed by atoms with Crippen molar-refractivity contribution in [2.24, 2.45) is 0 Å². The molecule has 8 nitrogen and oxygen atoms in total. The van der Waals surface area contributed by atoms with E-state index in [2.05, 4.69) is 0 Å². The van der Waals surface area contributed by atoms with Crippen molar-refractivity contribution in [2.45, 2.75) is 23.8 Å². The van der Waals surface area contributed by atoms with Crippen LogP contribution in [0.3, 0.4) is 0 Å². The van der Waals surface area contributed by atoms with Crippen LogP contribution in [-0.4, -0.2) is 41.4 Å². The summed E-state index contributed by atoms with van der Waals surface area (Å²) in [7, 11) is -4.03. The van der Waals surface area contributed by atoms with Gasteiger partial charge < -0.3 is 10.8 Å². The molecule has 1 fully saturated rings. The van der Waals surface area contributed by atoms with Gasteiger partial charge in [0.15, 0.2) is 4.90 Å². The molecule has 0 aromatic heterocycles. The molecule has 20 heavy (non-hydrogen) atoms. The first kappa shape index (κ1) is 14.7. The Morgan fingerprint density at radius 2 is 2.15 bits per heavy atom. The number of β-amino-alcohol motifs (C(OH)–C–C–N with tert-alkyl or cyclic N) is 1. The molecule has 0 aliphatic carbocycles. The fourth-order valence-electron chi connectivity index (χ4n) is 2.14. The Morgan fingerprint density at radius 1 is 1.50 bits per heavy atom. The van der Waals surface area contributed by atoms with Crippen molar-refractivity contribution in [3.05, 3.63) is 28.3 Å². The van der Waals surface area contributed by atoms with Gasteiger partial charge in [-0.05, 0) is 25.5 Å². The smallest absolute Gasteiger partial charge is 0.291 e. The van der Waals surface area contributed by atoms with E-state index in [4.69, 9.17) is 5.73 Å². The number of benzene rings is 1. The maximum Gasteiger partial charge on any atom is 0.291 e. The zero-order valence-electron chi connectivity index (χ0n) is 10.8. The average molecular weight is 301 g/mol. The van der Waals surface area contributed by atoms with Crippen LogP contribution < -0.4 is 5.73 Å². The van der Waals surface area contributed by atoms with Gasteiger partial charge in [-0.2, -0.15) is 4.31 Å². The molecular weight excluding hydrogens is 286 g/mol. The van der Waals surface area contributed by atoms with E-state index < -0.39 is 31.1 Å². The summed E-state index contributed by atoms with van der Waals surface area (Å²) < 4.78 is 25.9. The van der Waals surface area contributed by atoms with Crippen LogP contribution in [0.15, 0.2) is 23.1 Å². The van der Waals surface area contributed by atoms with Gasteiger partial charge in [-0.25, -0.2) is 8.42 Å². The van der Waals surface area contributed by atoms with E-state index in [1.165, 1.54) is 13.0 Å². The predicted molar refractivity (Wildman–Crippen MR) is 71.5 cm³/mol. The molecule has 1 heterocycles. The molecule has 110 valence electrons. The van der Waals surface area contributed by atoms with Crippen molar-refractivity contribution in [2.75, 3.05) is 18.8 Å². The summed E-state index contributed by atoms with van der Waals surface area (Å²) in [6.45, 7) is 1.56. The van der Waals surface area contributed by atoms with Gasteiger partial charge >= 0.3 is 0 Å². The number of hydrogen-bond acceptors (Lipinski definition) is 6. The van der Waals surface area contributed by atoms with Gasteiger partial charge in [0.1, 0.15) is 0 Å². The molecule has 0 radical (unpaired) electrons. The quantitative estimate of drug-likeness (QED) is 0.470. The summed E-state index contributed by atoms with van der Waals surface area (Å²) in [5, 5.41) is 20.8. The number of aliphatic hydroxyl groups is 1.